The molecule has 1 saturated heterocycles. The Balaban J connectivity index is 1.19. The minimum atomic E-state index is -3.48. The van der Waals surface area contributed by atoms with Crippen LogP contribution in [-0.2, 0) is 15.7 Å². The number of nitrogens with one attached hydrogen (secondary N) is 1. The molecular weight excluding hydrogens is 667 g/mol. The number of aryl methyl sites for hydroxylation is 1. The SMILES string of the molecule is Cc1cc(C(CCCOc2ccc(-c3cnc4[nH]cc(C(=O)c5c(F)ccc(N(N6CC[C@@H](F)C6)[SH](=O)=O)c5F)c4c3)cc2)C(=O)O)on1. The molecule has 0 radical (unpaired) electrons. The number of alkyl halides is 1. The number of ether oxygens (including phenoxy) is 1. The number of aromatic nitrogens is 3. The van der Waals surface area contributed by atoms with E-state index in [1.54, 1.807) is 49.5 Å². The van der Waals surface area contributed by atoms with Crippen LogP contribution in [0.3, 0.4) is 0 Å². The molecule has 1 unspecified atom stereocenters. The first kappa shape index (κ1) is 33.7. The molecule has 0 amide bonds. The number of thiol groups is 1. The van der Waals surface area contributed by atoms with Gasteiger partial charge >= 0.3 is 5.97 Å². The Morgan fingerprint density at radius 1 is 1.16 bits per heavy atom. The Hall–Kier alpha value is -5.22. The number of rotatable bonds is 13. The van der Waals surface area contributed by atoms with Crippen LogP contribution in [0.15, 0.2) is 65.4 Å². The van der Waals surface area contributed by atoms with Gasteiger partial charge in [0.1, 0.15) is 35.0 Å². The Bertz CT molecular complexity index is 2090. The average molecular weight is 698 g/mol. The summed E-state index contributed by atoms with van der Waals surface area (Å²) in [6.45, 7) is 1.66. The number of aromatic amines is 1. The van der Waals surface area contributed by atoms with Crippen LogP contribution in [0.1, 0.15) is 52.6 Å². The summed E-state index contributed by atoms with van der Waals surface area (Å²) in [6.07, 6.45) is 2.27. The highest BCUT2D eigenvalue weighted by molar-refractivity contribution is 7.73. The standard InChI is InChI=1S/C33H30F3N5O7S/c1-18-13-28(48-39-18)23(33(43)44)3-2-12-47-22-6-4-19(5-7-22)20-14-24-25(16-38-32(24)37-15-20)31(42)29-26(35)8-9-27(30(29)36)41(49(45)46)40-11-10-21(34)17-40/h4-9,13-16,21,23,49H,2-3,10-12,17H2,1H3,(H,37,38)(H,43,44)/t21-,23?/m1/s1. The zero-order valence-electron chi connectivity index (χ0n) is 25.9. The predicted molar refractivity (Wildman–Crippen MR) is 172 cm³/mol. The summed E-state index contributed by atoms with van der Waals surface area (Å²) in [4.78, 5) is 32.5. The van der Waals surface area contributed by atoms with Gasteiger partial charge in [0.2, 0.25) is 16.7 Å². The predicted octanol–water partition coefficient (Wildman–Crippen LogP) is 5.35. The van der Waals surface area contributed by atoms with Crippen molar-refractivity contribution in [2.24, 2.45) is 0 Å². The number of pyridine rings is 1. The van der Waals surface area contributed by atoms with E-state index in [0.29, 0.717) is 39.8 Å². The zero-order valence-corrected chi connectivity index (χ0v) is 26.8. The number of ketones is 1. The van der Waals surface area contributed by atoms with Crippen LogP contribution < -0.4 is 9.15 Å². The summed E-state index contributed by atoms with van der Waals surface area (Å²) < 4.78 is 80.3. The Morgan fingerprint density at radius 3 is 2.59 bits per heavy atom. The molecule has 49 heavy (non-hydrogen) atoms. The largest absolute Gasteiger partial charge is 0.494 e. The van der Waals surface area contributed by atoms with Crippen LogP contribution >= 0.6 is 0 Å². The minimum Gasteiger partial charge on any atom is -0.494 e. The van der Waals surface area contributed by atoms with Gasteiger partial charge in [-0.05, 0) is 62.1 Å². The normalized spacial score (nSPS) is 15.6. The van der Waals surface area contributed by atoms with Crippen molar-refractivity contribution in [2.75, 3.05) is 24.1 Å². The lowest BCUT2D eigenvalue weighted by molar-refractivity contribution is -0.139. The van der Waals surface area contributed by atoms with Crippen molar-refractivity contribution in [3.05, 3.63) is 95.1 Å². The topological polar surface area (TPSA) is 159 Å². The van der Waals surface area contributed by atoms with Gasteiger partial charge in [-0.15, -0.1) is 0 Å². The smallest absolute Gasteiger partial charge is 0.314 e. The van der Waals surface area contributed by atoms with E-state index < -0.39 is 57.6 Å². The first-order chi connectivity index (χ1) is 23.5. The highest BCUT2D eigenvalue weighted by Crippen LogP contribution is 2.33. The molecule has 2 N–H and O–H groups in total. The molecule has 1 fully saturated rings. The molecule has 5 aromatic rings. The summed E-state index contributed by atoms with van der Waals surface area (Å²) >= 11 is 0. The lowest BCUT2D eigenvalue weighted by Crippen LogP contribution is -2.41. The van der Waals surface area contributed by atoms with Gasteiger partial charge in [-0.2, -0.15) is 4.41 Å². The van der Waals surface area contributed by atoms with Crippen molar-refractivity contribution < 1.29 is 45.5 Å². The van der Waals surface area contributed by atoms with Gasteiger partial charge in [-0.1, -0.05) is 17.3 Å². The molecule has 3 aromatic heterocycles. The van der Waals surface area contributed by atoms with Crippen molar-refractivity contribution in [3.8, 4) is 16.9 Å². The van der Waals surface area contributed by atoms with E-state index in [0.717, 1.165) is 17.1 Å². The number of nitrogens with zero attached hydrogens (tertiary/aromatic N) is 4. The van der Waals surface area contributed by atoms with Gasteiger partial charge in [0.05, 0.1) is 24.4 Å². The molecule has 16 heteroatoms. The van der Waals surface area contributed by atoms with Crippen molar-refractivity contribution in [3.63, 3.8) is 0 Å². The summed E-state index contributed by atoms with van der Waals surface area (Å²) in [6, 6.07) is 11.9. The molecule has 1 aliphatic heterocycles. The maximum atomic E-state index is 15.8. The van der Waals surface area contributed by atoms with Crippen LogP contribution in [0.5, 0.6) is 5.75 Å². The zero-order chi connectivity index (χ0) is 34.8. The van der Waals surface area contributed by atoms with Gasteiger partial charge < -0.3 is 19.4 Å². The maximum absolute atomic E-state index is 15.8. The number of carboxylic acids is 1. The third kappa shape index (κ3) is 7.00. The highest BCUT2D eigenvalue weighted by atomic mass is 32.2. The fourth-order valence-corrected chi connectivity index (χ4v) is 6.46. The molecule has 2 aromatic carbocycles. The van der Waals surface area contributed by atoms with Crippen molar-refractivity contribution in [2.45, 2.75) is 38.3 Å². The van der Waals surface area contributed by atoms with E-state index in [-0.39, 0.29) is 48.5 Å². The van der Waals surface area contributed by atoms with Crippen molar-refractivity contribution in [1.29, 1.82) is 0 Å². The molecule has 2 atom stereocenters. The molecule has 6 rings (SSSR count). The van der Waals surface area contributed by atoms with Crippen molar-refractivity contribution in [1.82, 2.24) is 20.1 Å². The molecule has 0 aliphatic carbocycles. The van der Waals surface area contributed by atoms with E-state index in [1.165, 1.54) is 6.20 Å². The quantitative estimate of drug-likeness (QED) is 0.0832. The number of anilines is 1. The Kier molecular flexibility index (Phi) is 9.69. The van der Waals surface area contributed by atoms with E-state index in [9.17, 15) is 27.5 Å². The summed E-state index contributed by atoms with van der Waals surface area (Å²) in [5, 5.41) is 14.7. The molecule has 0 bridgehead atoms. The second-order valence-electron chi connectivity index (χ2n) is 11.5. The maximum Gasteiger partial charge on any atom is 0.314 e. The van der Waals surface area contributed by atoms with Gasteiger partial charge in [-0.25, -0.2) is 31.6 Å². The molecule has 0 spiro atoms. The number of carboxylic acid groups (broad SMARTS) is 1. The van der Waals surface area contributed by atoms with Gasteiger partial charge in [-0.3, -0.25) is 9.59 Å². The van der Waals surface area contributed by atoms with E-state index >= 15 is 8.78 Å². The van der Waals surface area contributed by atoms with Crippen LogP contribution in [0.25, 0.3) is 22.2 Å². The fourth-order valence-electron chi connectivity index (χ4n) is 5.76. The number of H-pyrrole nitrogens is 1. The first-order valence-corrected chi connectivity index (χ1v) is 16.4. The first-order valence-electron chi connectivity index (χ1n) is 15.2. The third-order valence-electron chi connectivity index (χ3n) is 8.20. The summed E-state index contributed by atoms with van der Waals surface area (Å²) in [7, 11) is -3.48. The van der Waals surface area contributed by atoms with E-state index in [1.807, 2.05) is 0 Å². The number of benzene rings is 2. The average Bonchev–Trinajstić information content (AvgIpc) is 3.81. The van der Waals surface area contributed by atoms with Crippen LogP contribution in [0.2, 0.25) is 0 Å². The summed E-state index contributed by atoms with van der Waals surface area (Å²) in [5.41, 5.74) is 0.496. The second-order valence-corrected chi connectivity index (χ2v) is 12.4. The summed E-state index contributed by atoms with van der Waals surface area (Å²) in [5.74, 6) is -4.66. The van der Waals surface area contributed by atoms with Crippen molar-refractivity contribution >= 4 is 39.4 Å². The Labute approximate surface area is 279 Å². The van der Waals surface area contributed by atoms with Gasteiger partial charge in [0.15, 0.2) is 11.6 Å². The lowest BCUT2D eigenvalue weighted by Gasteiger charge is -2.28. The Morgan fingerprint density at radius 2 is 1.94 bits per heavy atom. The van der Waals surface area contributed by atoms with E-state index in [4.69, 9.17) is 9.26 Å². The molecule has 12 nitrogen and oxygen atoms in total. The minimum absolute atomic E-state index is 0.00779. The second kappa shape index (κ2) is 14.1. The number of carbonyl (C=O) groups is 2. The monoisotopic (exact) mass is 697 g/mol. The molecule has 0 saturated carbocycles. The molecule has 4 heterocycles. The number of carbonyl (C=O) groups excluding carboxylic acids is 1. The number of hydrogen-bond donors (Lipinski definition) is 3. The van der Waals surface area contributed by atoms with Gasteiger partial charge in [0, 0.05) is 41.5 Å². The van der Waals surface area contributed by atoms with Gasteiger partial charge in [0.25, 0.3) is 0 Å². The molecule has 256 valence electrons. The fraction of sp³-hybridized carbons (Fsp3) is 0.273. The number of fused-ring (bicyclic) bond motifs is 1. The third-order valence-corrected chi connectivity index (χ3v) is 8.98. The van der Waals surface area contributed by atoms with Crippen LogP contribution in [-0.4, -0.2) is 71.3 Å². The number of aliphatic carboxylic acids is 1. The number of halogens is 3. The number of hydrogen-bond acceptors (Lipinski definition) is 9. The molecular formula is C33H30F3N5O7S. The lowest BCUT2D eigenvalue weighted by atomic mass is 9.99. The van der Waals surface area contributed by atoms with E-state index in [2.05, 4.69) is 15.1 Å². The van der Waals surface area contributed by atoms with Crippen LogP contribution in [0, 0.1) is 18.6 Å². The number of hydrazine groups is 1. The highest BCUT2D eigenvalue weighted by Gasteiger charge is 2.33. The molecule has 1 aliphatic rings. The van der Waals surface area contributed by atoms with Crippen LogP contribution in [0.4, 0.5) is 18.9 Å².